The van der Waals surface area contributed by atoms with Crippen LogP contribution in [0.2, 0.25) is 5.02 Å². The van der Waals surface area contributed by atoms with Gasteiger partial charge in [-0.3, -0.25) is 14.4 Å². The summed E-state index contributed by atoms with van der Waals surface area (Å²) in [5.41, 5.74) is 3.36. The molecule has 3 aromatic rings. The molecule has 0 N–H and O–H groups in total. The number of carbonyl (C=O) groups is 1. The third-order valence-electron chi connectivity index (χ3n) is 4.09. The minimum atomic E-state index is -0.0369. The van der Waals surface area contributed by atoms with Gasteiger partial charge in [0.05, 0.1) is 6.54 Å². The molecule has 0 fully saturated rings. The average molecular weight is 324 g/mol. The van der Waals surface area contributed by atoms with Crippen LogP contribution in [-0.4, -0.2) is 15.7 Å². The maximum Gasteiger partial charge on any atom is 0.260 e. The second kappa shape index (κ2) is 5.25. The lowest BCUT2D eigenvalue weighted by molar-refractivity contribution is 0.0995. The van der Waals surface area contributed by atoms with Crippen LogP contribution in [0.5, 0.6) is 0 Å². The van der Waals surface area contributed by atoms with Gasteiger partial charge in [-0.25, -0.2) is 0 Å². The zero-order valence-corrected chi connectivity index (χ0v) is 13.3. The molecule has 0 saturated carbocycles. The van der Waals surface area contributed by atoms with Crippen LogP contribution in [0.15, 0.2) is 54.6 Å². The van der Waals surface area contributed by atoms with E-state index in [9.17, 15) is 4.79 Å². The van der Waals surface area contributed by atoms with E-state index in [-0.39, 0.29) is 5.91 Å². The second-order valence-corrected chi connectivity index (χ2v) is 5.90. The van der Waals surface area contributed by atoms with Crippen molar-refractivity contribution in [2.75, 3.05) is 4.90 Å². The Morgan fingerprint density at radius 1 is 1.04 bits per heavy atom. The van der Waals surface area contributed by atoms with Crippen LogP contribution in [0.3, 0.4) is 0 Å². The van der Waals surface area contributed by atoms with Gasteiger partial charge >= 0.3 is 0 Å². The van der Waals surface area contributed by atoms with Crippen molar-refractivity contribution in [3.8, 4) is 11.3 Å². The maximum atomic E-state index is 12.7. The molecule has 1 aromatic heterocycles. The molecule has 1 amide bonds. The van der Waals surface area contributed by atoms with Crippen molar-refractivity contribution in [2.45, 2.75) is 6.54 Å². The van der Waals surface area contributed by atoms with Gasteiger partial charge in [-0.1, -0.05) is 60.1 Å². The van der Waals surface area contributed by atoms with Crippen molar-refractivity contribution in [2.24, 2.45) is 7.05 Å². The number of aryl methyl sites for hydroxylation is 1. The first-order valence-electron chi connectivity index (χ1n) is 7.34. The molecule has 2 aromatic carbocycles. The first-order valence-corrected chi connectivity index (χ1v) is 7.72. The van der Waals surface area contributed by atoms with Gasteiger partial charge in [0, 0.05) is 18.2 Å². The highest BCUT2D eigenvalue weighted by atomic mass is 35.5. The molecular formula is C18H14ClN3O. The normalized spacial score (nSPS) is 13.5. The summed E-state index contributed by atoms with van der Waals surface area (Å²) >= 11 is 6.58. The fourth-order valence-corrected chi connectivity index (χ4v) is 3.36. The molecule has 0 atom stereocenters. The molecule has 0 saturated heterocycles. The number of halogens is 1. The van der Waals surface area contributed by atoms with Gasteiger partial charge in [-0.05, 0) is 11.6 Å². The van der Waals surface area contributed by atoms with Crippen molar-refractivity contribution in [3.63, 3.8) is 0 Å². The molecule has 5 heteroatoms. The van der Waals surface area contributed by atoms with Gasteiger partial charge in [0.25, 0.3) is 5.91 Å². The molecule has 4 nitrogen and oxygen atoms in total. The summed E-state index contributed by atoms with van der Waals surface area (Å²) in [4.78, 5) is 14.4. The summed E-state index contributed by atoms with van der Waals surface area (Å²) in [6, 6.07) is 17.4. The fraction of sp³-hybridized carbons (Fsp3) is 0.111. The Balaban J connectivity index is 1.80. The Morgan fingerprint density at radius 2 is 1.74 bits per heavy atom. The maximum absolute atomic E-state index is 12.7. The Labute approximate surface area is 138 Å². The number of benzene rings is 2. The van der Waals surface area contributed by atoms with Crippen LogP contribution in [0.1, 0.15) is 15.9 Å². The van der Waals surface area contributed by atoms with Crippen LogP contribution in [0.25, 0.3) is 11.3 Å². The van der Waals surface area contributed by atoms with E-state index in [1.165, 1.54) is 0 Å². The molecular weight excluding hydrogens is 310 g/mol. The molecule has 0 aliphatic carbocycles. The SMILES string of the molecule is Cn1nc(-c2ccccc2)c(Cl)c1N1Cc2ccccc2C1=O. The number of nitrogens with zero attached hydrogens (tertiary/aromatic N) is 3. The zero-order valence-electron chi connectivity index (χ0n) is 12.5. The highest BCUT2D eigenvalue weighted by Crippen LogP contribution is 2.38. The van der Waals surface area contributed by atoms with Crippen LogP contribution >= 0.6 is 11.6 Å². The van der Waals surface area contributed by atoms with Crippen molar-refractivity contribution in [1.82, 2.24) is 9.78 Å². The second-order valence-electron chi connectivity index (χ2n) is 5.52. The Kier molecular flexibility index (Phi) is 3.20. The number of hydrogen-bond acceptors (Lipinski definition) is 2. The lowest BCUT2D eigenvalue weighted by Crippen LogP contribution is -2.25. The van der Waals surface area contributed by atoms with Crippen molar-refractivity contribution < 1.29 is 4.79 Å². The van der Waals surface area contributed by atoms with E-state index in [4.69, 9.17) is 11.6 Å². The van der Waals surface area contributed by atoms with E-state index < -0.39 is 0 Å². The number of rotatable bonds is 2. The molecule has 1 aliphatic rings. The molecule has 1 aliphatic heterocycles. The van der Waals surface area contributed by atoms with Gasteiger partial charge in [-0.2, -0.15) is 5.10 Å². The molecule has 0 radical (unpaired) electrons. The molecule has 0 spiro atoms. The van der Waals surface area contributed by atoms with Gasteiger partial charge in [0.1, 0.15) is 10.7 Å². The smallest absolute Gasteiger partial charge is 0.260 e. The summed E-state index contributed by atoms with van der Waals surface area (Å²) in [7, 11) is 1.81. The zero-order chi connectivity index (χ0) is 16.0. The molecule has 2 heterocycles. The van der Waals surface area contributed by atoms with E-state index >= 15 is 0 Å². The lowest BCUT2D eigenvalue weighted by Gasteiger charge is -2.16. The summed E-state index contributed by atoms with van der Waals surface area (Å²) < 4.78 is 1.68. The van der Waals surface area contributed by atoms with Crippen LogP contribution in [0.4, 0.5) is 5.82 Å². The summed E-state index contributed by atoms with van der Waals surface area (Å²) in [5.74, 6) is 0.594. The van der Waals surface area contributed by atoms with Gasteiger partial charge in [0.15, 0.2) is 5.82 Å². The highest BCUT2D eigenvalue weighted by Gasteiger charge is 2.32. The highest BCUT2D eigenvalue weighted by molar-refractivity contribution is 6.36. The third-order valence-corrected chi connectivity index (χ3v) is 4.43. The molecule has 114 valence electrons. The number of amides is 1. The van der Waals surface area contributed by atoms with Gasteiger partial charge < -0.3 is 0 Å². The summed E-state index contributed by atoms with van der Waals surface area (Å²) in [6.07, 6.45) is 0. The van der Waals surface area contributed by atoms with Gasteiger partial charge in [0.2, 0.25) is 0 Å². The third kappa shape index (κ3) is 2.14. The van der Waals surface area contributed by atoms with Crippen molar-refractivity contribution in [3.05, 3.63) is 70.7 Å². The Morgan fingerprint density at radius 3 is 2.48 bits per heavy atom. The predicted molar refractivity (Wildman–Crippen MR) is 90.6 cm³/mol. The lowest BCUT2D eigenvalue weighted by atomic mass is 10.1. The van der Waals surface area contributed by atoms with Crippen LogP contribution in [0, 0.1) is 0 Å². The number of aromatic nitrogens is 2. The first kappa shape index (κ1) is 14.0. The largest absolute Gasteiger partial charge is 0.287 e. The monoisotopic (exact) mass is 323 g/mol. The van der Waals surface area contributed by atoms with Crippen molar-refractivity contribution in [1.29, 1.82) is 0 Å². The van der Waals surface area contributed by atoms with E-state index in [2.05, 4.69) is 5.10 Å². The minimum Gasteiger partial charge on any atom is -0.287 e. The average Bonchev–Trinajstić information content (AvgIpc) is 3.05. The van der Waals surface area contributed by atoms with Gasteiger partial charge in [-0.15, -0.1) is 0 Å². The molecule has 0 unspecified atom stereocenters. The van der Waals surface area contributed by atoms with E-state index in [1.807, 2.05) is 61.6 Å². The van der Waals surface area contributed by atoms with E-state index in [0.717, 1.165) is 16.7 Å². The van der Waals surface area contributed by atoms with Crippen LogP contribution in [-0.2, 0) is 13.6 Å². The topological polar surface area (TPSA) is 38.1 Å². The minimum absolute atomic E-state index is 0.0369. The number of fused-ring (bicyclic) bond motifs is 1. The standard InChI is InChI=1S/C18H14ClN3O/c1-21-17(15(19)16(20-21)12-7-3-2-4-8-12)22-11-13-9-5-6-10-14(13)18(22)23/h2-10H,11H2,1H3. The van der Waals surface area contributed by atoms with E-state index in [0.29, 0.717) is 23.1 Å². The first-order chi connectivity index (χ1) is 11.2. The number of carbonyl (C=O) groups excluding carboxylic acids is 1. The Hall–Kier alpha value is -2.59. The number of hydrogen-bond donors (Lipinski definition) is 0. The predicted octanol–water partition coefficient (Wildman–Crippen LogP) is 3.90. The number of anilines is 1. The molecule has 4 rings (SSSR count). The van der Waals surface area contributed by atoms with E-state index in [1.54, 1.807) is 9.58 Å². The molecule has 0 bridgehead atoms. The quantitative estimate of drug-likeness (QED) is 0.717. The molecule has 23 heavy (non-hydrogen) atoms. The Bertz CT molecular complexity index is 902. The van der Waals surface area contributed by atoms with Crippen molar-refractivity contribution >= 4 is 23.3 Å². The summed E-state index contributed by atoms with van der Waals surface area (Å²) in [6.45, 7) is 0.516. The van der Waals surface area contributed by atoms with Crippen LogP contribution < -0.4 is 4.90 Å². The summed E-state index contributed by atoms with van der Waals surface area (Å²) in [5, 5.41) is 5.01. The fourth-order valence-electron chi connectivity index (χ4n) is 2.99.